The van der Waals surface area contributed by atoms with Gasteiger partial charge in [-0.15, -0.1) is 0 Å². The second-order valence-electron chi connectivity index (χ2n) is 8.60. The molecule has 0 radical (unpaired) electrons. The molecule has 7 heteroatoms. The number of rotatable bonds is 8. The van der Waals surface area contributed by atoms with Crippen LogP contribution in [-0.4, -0.2) is 26.3 Å². The molecule has 0 heterocycles. The lowest BCUT2D eigenvalue weighted by molar-refractivity contribution is 0.0785. The van der Waals surface area contributed by atoms with E-state index in [1.54, 1.807) is 84.7 Å². The highest BCUT2D eigenvalue weighted by Crippen LogP contribution is 2.31. The number of nitrogens with zero attached hydrogens (tertiary/aromatic N) is 2. The number of amides is 1. The number of hydrogen-bond acceptors (Lipinski definition) is 3. The molecule has 4 aromatic rings. The smallest absolute Gasteiger partial charge is 0.264 e. The highest BCUT2D eigenvalue weighted by Gasteiger charge is 2.26. The molecule has 0 aliphatic rings. The van der Waals surface area contributed by atoms with E-state index in [0.29, 0.717) is 22.8 Å². The highest BCUT2D eigenvalue weighted by molar-refractivity contribution is 7.92. The zero-order chi connectivity index (χ0) is 25.7. The van der Waals surface area contributed by atoms with E-state index in [4.69, 9.17) is 11.6 Å². The summed E-state index contributed by atoms with van der Waals surface area (Å²) < 4.78 is 28.7. The molecule has 4 aromatic carbocycles. The lowest BCUT2D eigenvalue weighted by Gasteiger charge is -2.26. The summed E-state index contributed by atoms with van der Waals surface area (Å²) >= 11 is 6.24. The van der Waals surface area contributed by atoms with Gasteiger partial charge in [-0.3, -0.25) is 9.10 Å². The Morgan fingerprint density at radius 1 is 0.778 bits per heavy atom. The molecule has 36 heavy (non-hydrogen) atoms. The van der Waals surface area contributed by atoms with Crippen molar-refractivity contribution >= 4 is 33.2 Å². The minimum absolute atomic E-state index is 0.0900. The average molecular weight is 519 g/mol. The number of carbonyl (C=O) groups is 1. The van der Waals surface area contributed by atoms with E-state index in [1.807, 2.05) is 37.3 Å². The Kier molecular flexibility index (Phi) is 7.77. The molecular formula is C29H27ClN2O3S. The Hall–Kier alpha value is -3.61. The van der Waals surface area contributed by atoms with Gasteiger partial charge in [-0.1, -0.05) is 78.3 Å². The molecule has 0 fully saturated rings. The van der Waals surface area contributed by atoms with Crippen LogP contribution in [0.5, 0.6) is 0 Å². The molecule has 0 saturated heterocycles. The maximum atomic E-state index is 13.7. The summed E-state index contributed by atoms with van der Waals surface area (Å²) in [7, 11) is -2.10. The predicted octanol–water partition coefficient (Wildman–Crippen LogP) is 6.32. The third-order valence-corrected chi connectivity index (χ3v) is 7.92. The Morgan fingerprint density at radius 2 is 1.36 bits per heavy atom. The van der Waals surface area contributed by atoms with Crippen molar-refractivity contribution in [1.82, 2.24) is 4.90 Å². The molecule has 1 amide bonds. The summed E-state index contributed by atoms with van der Waals surface area (Å²) in [6, 6.07) is 30.3. The molecule has 184 valence electrons. The van der Waals surface area contributed by atoms with Crippen LogP contribution >= 0.6 is 11.6 Å². The number of anilines is 1. The van der Waals surface area contributed by atoms with Gasteiger partial charge in [0.15, 0.2) is 0 Å². The molecule has 0 aliphatic carbocycles. The largest absolute Gasteiger partial charge is 0.337 e. The Balaban J connectivity index is 1.61. The average Bonchev–Trinajstić information content (AvgIpc) is 2.89. The van der Waals surface area contributed by atoms with Gasteiger partial charge in [0, 0.05) is 24.2 Å². The van der Waals surface area contributed by atoms with E-state index in [2.05, 4.69) is 0 Å². The summed E-state index contributed by atoms with van der Waals surface area (Å²) in [5.41, 5.74) is 3.62. The van der Waals surface area contributed by atoms with Gasteiger partial charge in [-0.05, 0) is 60.0 Å². The lowest BCUT2D eigenvalue weighted by Crippen LogP contribution is -2.31. The van der Waals surface area contributed by atoms with Crippen molar-refractivity contribution in [3.63, 3.8) is 0 Å². The molecule has 0 bridgehead atoms. The third kappa shape index (κ3) is 5.78. The normalized spacial score (nSPS) is 11.2. The van der Waals surface area contributed by atoms with Gasteiger partial charge in [-0.25, -0.2) is 8.42 Å². The van der Waals surface area contributed by atoms with E-state index in [0.717, 1.165) is 16.7 Å². The van der Waals surface area contributed by atoms with Crippen LogP contribution in [0.1, 0.15) is 27.0 Å². The van der Waals surface area contributed by atoms with Gasteiger partial charge in [0.05, 0.1) is 17.1 Å². The van der Waals surface area contributed by atoms with Crippen molar-refractivity contribution in [2.24, 2.45) is 0 Å². The Labute approximate surface area is 217 Å². The second kappa shape index (κ2) is 11.0. The summed E-state index contributed by atoms with van der Waals surface area (Å²) in [5.74, 6) is -0.107. The van der Waals surface area contributed by atoms with Gasteiger partial charge in [0.2, 0.25) is 0 Å². The van der Waals surface area contributed by atoms with E-state index in [9.17, 15) is 13.2 Å². The zero-order valence-electron chi connectivity index (χ0n) is 20.1. The quantitative estimate of drug-likeness (QED) is 0.274. The molecule has 0 aromatic heterocycles. The van der Waals surface area contributed by atoms with E-state index in [-0.39, 0.29) is 17.3 Å². The minimum Gasteiger partial charge on any atom is -0.337 e. The van der Waals surface area contributed by atoms with Crippen molar-refractivity contribution in [3.8, 4) is 0 Å². The number of carbonyl (C=O) groups excluding carboxylic acids is 1. The highest BCUT2D eigenvalue weighted by atomic mass is 35.5. The second-order valence-corrected chi connectivity index (χ2v) is 10.9. The van der Waals surface area contributed by atoms with Gasteiger partial charge in [0.1, 0.15) is 0 Å². The standard InChI is InChI=1S/C29H27ClN2O3S/c1-22-13-18-26(30)19-28(22)32(36(34,35)27-11-7-4-8-12-27)21-24-14-16-25(17-15-24)29(33)31(2)20-23-9-5-3-6-10-23/h3-19H,20-21H2,1-2H3. The molecule has 5 nitrogen and oxygen atoms in total. The van der Waals surface area contributed by atoms with E-state index < -0.39 is 10.0 Å². The van der Waals surface area contributed by atoms with Crippen LogP contribution in [0.2, 0.25) is 5.02 Å². The van der Waals surface area contributed by atoms with Crippen molar-refractivity contribution < 1.29 is 13.2 Å². The summed E-state index contributed by atoms with van der Waals surface area (Å²) in [4.78, 5) is 14.8. The molecule has 4 rings (SSSR count). The van der Waals surface area contributed by atoms with Gasteiger partial charge in [0.25, 0.3) is 15.9 Å². The number of sulfonamides is 1. The zero-order valence-corrected chi connectivity index (χ0v) is 21.7. The monoisotopic (exact) mass is 518 g/mol. The molecule has 0 spiro atoms. The van der Waals surface area contributed by atoms with Crippen molar-refractivity contribution in [1.29, 1.82) is 0 Å². The van der Waals surface area contributed by atoms with Crippen molar-refractivity contribution in [3.05, 3.63) is 130 Å². The van der Waals surface area contributed by atoms with E-state index >= 15 is 0 Å². The first-order chi connectivity index (χ1) is 17.3. The molecule has 0 unspecified atom stereocenters. The maximum Gasteiger partial charge on any atom is 0.264 e. The third-order valence-electron chi connectivity index (χ3n) is 5.91. The molecule has 0 atom stereocenters. The fourth-order valence-electron chi connectivity index (χ4n) is 3.94. The Bertz CT molecular complexity index is 1440. The van der Waals surface area contributed by atoms with Crippen LogP contribution in [0, 0.1) is 6.92 Å². The first-order valence-corrected chi connectivity index (χ1v) is 13.3. The number of halogens is 1. The van der Waals surface area contributed by atoms with Gasteiger partial charge >= 0.3 is 0 Å². The molecule has 0 N–H and O–H groups in total. The first kappa shape index (κ1) is 25.5. The first-order valence-electron chi connectivity index (χ1n) is 11.5. The van der Waals surface area contributed by atoms with Crippen LogP contribution in [0.4, 0.5) is 5.69 Å². The van der Waals surface area contributed by atoms with Crippen LogP contribution < -0.4 is 4.31 Å². The van der Waals surface area contributed by atoms with Crippen molar-refractivity contribution in [2.75, 3.05) is 11.4 Å². The van der Waals surface area contributed by atoms with Crippen LogP contribution in [-0.2, 0) is 23.1 Å². The Morgan fingerprint density at radius 3 is 2.00 bits per heavy atom. The van der Waals surface area contributed by atoms with Gasteiger partial charge in [-0.2, -0.15) is 0 Å². The summed E-state index contributed by atoms with van der Waals surface area (Å²) in [6.45, 7) is 2.44. The van der Waals surface area contributed by atoms with Crippen molar-refractivity contribution in [2.45, 2.75) is 24.9 Å². The molecule has 0 aliphatic heterocycles. The van der Waals surface area contributed by atoms with Gasteiger partial charge < -0.3 is 4.90 Å². The topological polar surface area (TPSA) is 57.7 Å². The number of aryl methyl sites for hydroxylation is 1. The lowest BCUT2D eigenvalue weighted by atomic mass is 10.1. The number of hydrogen-bond donors (Lipinski definition) is 0. The fourth-order valence-corrected chi connectivity index (χ4v) is 5.64. The number of benzene rings is 4. The predicted molar refractivity (Wildman–Crippen MR) is 145 cm³/mol. The summed E-state index contributed by atoms with van der Waals surface area (Å²) in [5, 5.41) is 0.450. The maximum absolute atomic E-state index is 13.7. The molecule has 0 saturated carbocycles. The molecular weight excluding hydrogens is 492 g/mol. The minimum atomic E-state index is -3.87. The fraction of sp³-hybridized carbons (Fsp3) is 0.138. The van der Waals surface area contributed by atoms with Crippen LogP contribution in [0.15, 0.2) is 108 Å². The SMILES string of the molecule is Cc1ccc(Cl)cc1N(Cc1ccc(C(=O)N(C)Cc2ccccc2)cc1)S(=O)(=O)c1ccccc1. The van der Waals surface area contributed by atoms with E-state index in [1.165, 1.54) is 4.31 Å². The van der Waals surface area contributed by atoms with Crippen LogP contribution in [0.3, 0.4) is 0 Å². The summed E-state index contributed by atoms with van der Waals surface area (Å²) in [6.07, 6.45) is 0. The van der Waals surface area contributed by atoms with Crippen LogP contribution in [0.25, 0.3) is 0 Å².